The number of rotatable bonds is 9. The van der Waals surface area contributed by atoms with E-state index in [1.54, 1.807) is 32.0 Å². The molecular weight excluding hydrogens is 660 g/mol. The van der Waals surface area contributed by atoms with E-state index < -0.39 is 29.6 Å². The molecule has 3 aliphatic heterocycles. The van der Waals surface area contributed by atoms with Crippen LogP contribution in [0, 0.1) is 24.1 Å². The predicted octanol–water partition coefficient (Wildman–Crippen LogP) is 5.30. The van der Waals surface area contributed by atoms with E-state index in [-0.39, 0.29) is 60.0 Å². The lowest BCUT2D eigenvalue weighted by Crippen LogP contribution is -2.44. The second-order valence-corrected chi connectivity index (χ2v) is 14.0. The van der Waals surface area contributed by atoms with E-state index >= 15 is 4.39 Å². The molecule has 4 heterocycles. The lowest BCUT2D eigenvalue weighted by atomic mass is 9.95. The van der Waals surface area contributed by atoms with Gasteiger partial charge in [0.15, 0.2) is 11.9 Å². The fraction of sp³-hybridized carbons (Fsp3) is 0.474. The molecule has 2 aromatic carbocycles. The van der Waals surface area contributed by atoms with Crippen LogP contribution in [0.4, 0.5) is 14.6 Å². The van der Waals surface area contributed by atoms with Gasteiger partial charge in [-0.3, -0.25) is 14.5 Å². The van der Waals surface area contributed by atoms with Gasteiger partial charge in [-0.1, -0.05) is 32.4 Å². The van der Waals surface area contributed by atoms with Crippen LogP contribution in [0.3, 0.4) is 0 Å². The predicted molar refractivity (Wildman–Crippen MR) is 187 cm³/mol. The van der Waals surface area contributed by atoms with E-state index in [1.807, 2.05) is 23.8 Å². The van der Waals surface area contributed by atoms with Crippen molar-refractivity contribution in [1.82, 2.24) is 20.2 Å². The molecule has 1 aromatic heterocycles. The van der Waals surface area contributed by atoms with Crippen LogP contribution in [0.25, 0.3) is 10.8 Å². The van der Waals surface area contributed by atoms with E-state index in [0.717, 1.165) is 19.3 Å². The Hall–Kier alpha value is -4.96. The molecular formula is C38H43F2N5O6. The van der Waals surface area contributed by atoms with E-state index in [4.69, 9.17) is 30.4 Å². The van der Waals surface area contributed by atoms with Gasteiger partial charge < -0.3 is 29.2 Å². The number of nitrogens with zero attached hydrogens (tertiary/aromatic N) is 4. The first kappa shape index (κ1) is 35.9. The third-order valence-corrected chi connectivity index (χ3v) is 9.75. The summed E-state index contributed by atoms with van der Waals surface area (Å²) in [6, 6.07) is 5.89. The Labute approximate surface area is 296 Å². The molecule has 4 atom stereocenters. The lowest BCUT2D eigenvalue weighted by Gasteiger charge is -2.33. The van der Waals surface area contributed by atoms with Crippen molar-refractivity contribution >= 4 is 28.5 Å². The van der Waals surface area contributed by atoms with Crippen molar-refractivity contribution < 1.29 is 37.3 Å². The molecule has 0 aliphatic carbocycles. The first-order valence-corrected chi connectivity index (χ1v) is 17.2. The van der Waals surface area contributed by atoms with Gasteiger partial charge in [0.25, 0.3) is 5.88 Å². The van der Waals surface area contributed by atoms with Crippen molar-refractivity contribution in [1.29, 1.82) is 0 Å². The number of benzene rings is 2. The summed E-state index contributed by atoms with van der Waals surface area (Å²) in [6.07, 6.45) is 7.96. The summed E-state index contributed by atoms with van der Waals surface area (Å²) in [6.45, 7) is 10.4. The van der Waals surface area contributed by atoms with Gasteiger partial charge in [0.2, 0.25) is 11.7 Å². The number of anilines is 1. The maximum Gasteiger partial charge on any atom is 0.322 e. The normalized spacial score (nSPS) is 23.4. The number of terminal acetylenes is 1. The van der Waals surface area contributed by atoms with Crippen molar-refractivity contribution in [2.45, 2.75) is 70.3 Å². The maximum absolute atomic E-state index is 15.1. The molecule has 0 radical (unpaired) electrons. The molecule has 3 aromatic rings. The number of ether oxygens (including phenoxy) is 4. The zero-order valence-electron chi connectivity index (χ0n) is 29.3. The highest BCUT2D eigenvalue weighted by Gasteiger charge is 2.41. The Morgan fingerprint density at radius 2 is 2.06 bits per heavy atom. The molecule has 1 amide bonds. The number of likely N-dealkylation sites (N-methyl/N-ethyl adjacent to an activating group) is 1. The number of carbonyl (C=O) groups excluding carboxylic acids is 2. The summed E-state index contributed by atoms with van der Waals surface area (Å²) in [4.78, 5) is 38.1. The second kappa shape index (κ2) is 14.7. The van der Waals surface area contributed by atoms with Gasteiger partial charge in [-0.05, 0) is 62.9 Å². The van der Waals surface area contributed by atoms with Crippen LogP contribution in [-0.2, 0) is 9.59 Å². The number of aromatic nitrogens is 2. The number of esters is 1. The van der Waals surface area contributed by atoms with Crippen molar-refractivity contribution in [2.75, 3.05) is 44.8 Å². The standard InChI is InChI=1S/C38H43F2N5O6/c1-7-27-29(40)13-12-23-15-26(50-36(47)22(3)4)16-28(32(23)27)30-20-48-33-34(45-14-10-9-11-25(19-45)41-31(46)8-2)42-37(43-35(33)51-30)49-21-38(5)17-24(39)18-44(38)6/h1,8,12-13,15-16,22,24-25,30H,2,9-11,14,17-21H2,3-6H3,(H,41,46)/t24-,25?,30?,38+/m1/s1. The summed E-state index contributed by atoms with van der Waals surface area (Å²) < 4.78 is 54.3. The monoisotopic (exact) mass is 703 g/mol. The second-order valence-electron chi connectivity index (χ2n) is 14.0. The highest BCUT2D eigenvalue weighted by Crippen LogP contribution is 2.45. The largest absolute Gasteiger partial charge is 0.481 e. The van der Waals surface area contributed by atoms with Crippen LogP contribution < -0.4 is 29.2 Å². The fourth-order valence-corrected chi connectivity index (χ4v) is 6.82. The van der Waals surface area contributed by atoms with Crippen LogP contribution in [0.2, 0.25) is 0 Å². The van der Waals surface area contributed by atoms with Gasteiger partial charge in [0.05, 0.1) is 17.0 Å². The zero-order valence-corrected chi connectivity index (χ0v) is 29.3. The molecule has 6 rings (SSSR count). The van der Waals surface area contributed by atoms with Gasteiger partial charge >= 0.3 is 12.0 Å². The van der Waals surface area contributed by atoms with Gasteiger partial charge in [-0.15, -0.1) is 6.42 Å². The number of likely N-dealkylation sites (tertiary alicyclic amines) is 1. The SMILES string of the molecule is C#Cc1c(F)ccc2cc(OC(=O)C(C)C)cc(C3COc4c(nc(OC[C@]5(C)C[C@@H](F)CN5C)nc4N4CCCCC(NC(=O)C=C)C4)O3)c12. The van der Waals surface area contributed by atoms with Gasteiger partial charge in [-0.2, -0.15) is 9.97 Å². The van der Waals surface area contributed by atoms with Crippen molar-refractivity contribution in [3.8, 4) is 35.7 Å². The Kier molecular flexibility index (Phi) is 10.3. The Morgan fingerprint density at radius 3 is 2.76 bits per heavy atom. The number of alkyl halides is 1. The highest BCUT2D eigenvalue weighted by atomic mass is 19.1. The van der Waals surface area contributed by atoms with Crippen LogP contribution in [0.1, 0.15) is 63.7 Å². The molecule has 0 bridgehead atoms. The maximum atomic E-state index is 15.1. The Bertz CT molecular complexity index is 1880. The van der Waals surface area contributed by atoms with Crippen LogP contribution in [0.15, 0.2) is 36.9 Å². The number of hydrogen-bond donors (Lipinski definition) is 1. The minimum absolute atomic E-state index is 0.000637. The molecule has 0 saturated carbocycles. The minimum atomic E-state index is -0.982. The number of halogens is 2. The van der Waals surface area contributed by atoms with E-state index in [2.05, 4.69) is 22.8 Å². The van der Waals surface area contributed by atoms with E-state index in [0.29, 0.717) is 48.2 Å². The number of fused-ring (bicyclic) bond motifs is 2. The first-order chi connectivity index (χ1) is 24.4. The average Bonchev–Trinajstić information content (AvgIpc) is 3.23. The number of amides is 1. The summed E-state index contributed by atoms with van der Waals surface area (Å²) >= 11 is 0. The van der Waals surface area contributed by atoms with Crippen LogP contribution >= 0.6 is 0 Å². The van der Waals surface area contributed by atoms with Crippen molar-refractivity contribution in [3.63, 3.8) is 0 Å². The minimum Gasteiger partial charge on any atom is -0.481 e. The quantitative estimate of drug-likeness (QED) is 0.136. The molecule has 1 N–H and O–H groups in total. The summed E-state index contributed by atoms with van der Waals surface area (Å²) in [5.74, 6) is 1.78. The molecule has 2 saturated heterocycles. The van der Waals surface area contributed by atoms with E-state index in [9.17, 15) is 14.0 Å². The third kappa shape index (κ3) is 7.56. The van der Waals surface area contributed by atoms with Gasteiger partial charge in [0, 0.05) is 43.0 Å². The van der Waals surface area contributed by atoms with E-state index in [1.165, 1.54) is 12.1 Å². The third-order valence-electron chi connectivity index (χ3n) is 9.75. The zero-order chi connectivity index (χ0) is 36.4. The topological polar surface area (TPSA) is 115 Å². The summed E-state index contributed by atoms with van der Waals surface area (Å²) in [5.41, 5.74) is -0.122. The molecule has 270 valence electrons. The smallest absolute Gasteiger partial charge is 0.322 e. The highest BCUT2D eigenvalue weighted by molar-refractivity contribution is 5.93. The van der Waals surface area contributed by atoms with Crippen molar-refractivity contribution in [3.05, 3.63) is 53.9 Å². The fourth-order valence-electron chi connectivity index (χ4n) is 6.82. The van der Waals surface area contributed by atoms with Crippen LogP contribution in [0.5, 0.6) is 23.4 Å². The first-order valence-electron chi connectivity index (χ1n) is 17.2. The summed E-state index contributed by atoms with van der Waals surface area (Å²) in [7, 11) is 1.85. The lowest BCUT2D eigenvalue weighted by molar-refractivity contribution is -0.137. The van der Waals surface area contributed by atoms with Crippen molar-refractivity contribution in [2.24, 2.45) is 5.92 Å². The van der Waals surface area contributed by atoms with Gasteiger partial charge in [0.1, 0.15) is 31.0 Å². The molecule has 2 unspecified atom stereocenters. The Morgan fingerprint density at radius 1 is 1.25 bits per heavy atom. The molecule has 3 aliphatic rings. The number of nitrogens with one attached hydrogen (secondary N) is 1. The summed E-state index contributed by atoms with van der Waals surface area (Å²) in [5, 5.41) is 3.96. The molecule has 2 fully saturated rings. The molecule has 13 heteroatoms. The molecule has 0 spiro atoms. The number of hydrogen-bond acceptors (Lipinski definition) is 10. The Balaban J connectivity index is 1.41. The molecule has 51 heavy (non-hydrogen) atoms. The number of carbonyl (C=O) groups is 2. The van der Waals surface area contributed by atoms with Gasteiger partial charge in [-0.25, -0.2) is 8.78 Å². The molecule has 11 nitrogen and oxygen atoms in total. The average molecular weight is 704 g/mol. The van der Waals surface area contributed by atoms with Crippen LogP contribution in [-0.4, -0.2) is 84.4 Å².